The Morgan fingerprint density at radius 3 is 2.82 bits per heavy atom. The van der Waals surface area contributed by atoms with E-state index in [1.165, 1.54) is 4.90 Å². The van der Waals surface area contributed by atoms with Crippen LogP contribution in [0.2, 0.25) is 0 Å². The zero-order chi connectivity index (χ0) is 9.30. The van der Waals surface area contributed by atoms with E-state index in [0.717, 1.165) is 0 Å². The van der Waals surface area contributed by atoms with Gasteiger partial charge in [-0.05, 0) is 6.40 Å². The second-order valence-corrected chi connectivity index (χ2v) is 3.15. The van der Waals surface area contributed by atoms with Gasteiger partial charge in [-0.2, -0.15) is 0 Å². The molecule has 0 spiro atoms. The van der Waals surface area contributed by atoms with E-state index in [4.69, 9.17) is 1.37 Å². The molecule has 1 fully saturated rings. The van der Waals surface area contributed by atoms with Gasteiger partial charge in [-0.15, -0.1) is 0 Å². The molecule has 0 bridgehead atoms. The van der Waals surface area contributed by atoms with Gasteiger partial charge in [0.05, 0.1) is 6.54 Å². The summed E-state index contributed by atoms with van der Waals surface area (Å²) in [7, 11) is 0. The lowest BCUT2D eigenvalue weighted by atomic mass is 10.2. The lowest BCUT2D eigenvalue weighted by Crippen LogP contribution is -2.32. The molecule has 2 nitrogen and oxygen atoms in total. The third-order valence-electron chi connectivity index (χ3n) is 1.78. The topological polar surface area (TPSA) is 20.3 Å². The number of alkyl halides is 1. The molecule has 0 saturated carbocycles. The van der Waals surface area contributed by atoms with Gasteiger partial charge in [-0.3, -0.25) is 4.79 Å². The van der Waals surface area contributed by atoms with Crippen LogP contribution in [0.25, 0.3) is 0 Å². The van der Waals surface area contributed by atoms with Crippen molar-refractivity contribution in [3.05, 3.63) is 0 Å². The van der Waals surface area contributed by atoms with E-state index >= 15 is 0 Å². The van der Waals surface area contributed by atoms with Crippen LogP contribution in [0.5, 0.6) is 0 Å². The van der Waals surface area contributed by atoms with Crippen molar-refractivity contribution in [1.82, 2.24) is 4.90 Å². The van der Waals surface area contributed by atoms with Gasteiger partial charge in [0.25, 0.3) is 0 Å². The van der Waals surface area contributed by atoms with Gasteiger partial charge < -0.3 is 4.90 Å². The highest BCUT2D eigenvalue weighted by molar-refractivity contribution is 5.78. The fraction of sp³-hybridized carbons (Fsp3) is 0.875. The van der Waals surface area contributed by atoms with Crippen LogP contribution >= 0.6 is 0 Å². The number of likely N-dealkylation sites (tertiary alicyclic amines) is 1. The molecule has 0 aromatic carbocycles. The first kappa shape index (κ1) is 7.07. The van der Waals surface area contributed by atoms with Crippen molar-refractivity contribution >= 4 is 5.91 Å². The van der Waals surface area contributed by atoms with Crippen LogP contribution < -0.4 is 0 Å². The predicted octanol–water partition coefficient (Wildman–Crippen LogP) is 1.21. The van der Waals surface area contributed by atoms with Gasteiger partial charge in [0.1, 0.15) is 6.17 Å². The number of carbonyl (C=O) groups excluding carboxylic acids is 1. The summed E-state index contributed by atoms with van der Waals surface area (Å²) < 4.78 is 20.0. The van der Waals surface area contributed by atoms with E-state index in [9.17, 15) is 9.18 Å². The largest absolute Gasteiger partial charge is 0.339 e. The molecule has 0 aliphatic carbocycles. The van der Waals surface area contributed by atoms with E-state index in [1.807, 2.05) is 0 Å². The molecule has 1 rings (SSSR count). The average molecular weight is 160 g/mol. The molecule has 0 aromatic heterocycles. The molecule has 1 heterocycles. The monoisotopic (exact) mass is 160 g/mol. The highest BCUT2D eigenvalue weighted by atomic mass is 19.1. The van der Waals surface area contributed by atoms with Gasteiger partial charge in [0.2, 0.25) is 5.91 Å². The van der Waals surface area contributed by atoms with Gasteiger partial charge in [-0.25, -0.2) is 4.39 Å². The van der Waals surface area contributed by atoms with Gasteiger partial charge in [0.15, 0.2) is 0 Å². The van der Waals surface area contributed by atoms with Crippen molar-refractivity contribution in [2.75, 3.05) is 13.1 Å². The summed E-state index contributed by atoms with van der Waals surface area (Å²) >= 11 is 0. The fourth-order valence-electron chi connectivity index (χ4n) is 1.15. The normalized spacial score (nSPS) is 32.7. The van der Waals surface area contributed by atoms with Crippen LogP contribution in [-0.4, -0.2) is 30.1 Å². The molecule has 1 amide bonds. The lowest BCUT2D eigenvalue weighted by molar-refractivity contribution is -0.133. The van der Waals surface area contributed by atoms with E-state index in [2.05, 4.69) is 0 Å². The highest BCUT2D eigenvalue weighted by Crippen LogP contribution is 2.14. The zero-order valence-electron chi connectivity index (χ0n) is 7.88. The third kappa shape index (κ3) is 1.91. The number of carbonyl (C=O) groups is 1. The first-order valence-corrected chi connectivity index (χ1v) is 3.87. The number of nitrogens with zero attached hydrogens (tertiary/aromatic N) is 1. The van der Waals surface area contributed by atoms with Crippen molar-refractivity contribution in [1.29, 1.82) is 0 Å². The van der Waals surface area contributed by atoms with Crippen LogP contribution in [0.3, 0.4) is 0 Å². The summed E-state index contributed by atoms with van der Waals surface area (Å²) in [5.74, 6) is -0.144. The van der Waals surface area contributed by atoms with Crippen LogP contribution in [0.4, 0.5) is 4.39 Å². The Labute approximate surface area is 67.8 Å². The SMILES string of the molecule is [2H][C@@H]1CN(C(=O)C(C)C)C[C@H]1F. The van der Waals surface area contributed by atoms with Crippen LogP contribution in [-0.2, 0) is 4.79 Å². The number of rotatable bonds is 1. The standard InChI is InChI=1S/C8H14FNO/c1-6(2)8(11)10-4-3-7(9)5-10/h6-7H,3-5H2,1-2H3/t7-/m0/s1/i3D/t3-,7+/m1. The molecule has 0 N–H and O–H groups in total. The number of hydrogen-bond donors (Lipinski definition) is 0. The number of hydrogen-bond acceptors (Lipinski definition) is 1. The van der Waals surface area contributed by atoms with Crippen molar-refractivity contribution in [3.8, 4) is 0 Å². The van der Waals surface area contributed by atoms with Crippen LogP contribution in [0.1, 0.15) is 21.6 Å². The number of halogens is 1. The van der Waals surface area contributed by atoms with Gasteiger partial charge in [0, 0.05) is 13.8 Å². The van der Waals surface area contributed by atoms with Crippen LogP contribution in [0.15, 0.2) is 0 Å². The smallest absolute Gasteiger partial charge is 0.225 e. The van der Waals surface area contributed by atoms with E-state index in [1.54, 1.807) is 13.8 Å². The van der Waals surface area contributed by atoms with E-state index in [-0.39, 0.29) is 24.9 Å². The Balaban J connectivity index is 2.52. The molecule has 1 aliphatic rings. The van der Waals surface area contributed by atoms with Gasteiger partial charge in [-0.1, -0.05) is 13.8 Å². The summed E-state index contributed by atoms with van der Waals surface area (Å²) in [6.07, 6.45) is -1.90. The van der Waals surface area contributed by atoms with Crippen molar-refractivity contribution in [2.24, 2.45) is 5.92 Å². The number of amides is 1. The molecule has 1 saturated heterocycles. The molecular formula is C8H14FNO. The Kier molecular flexibility index (Phi) is 2.06. The Morgan fingerprint density at radius 2 is 2.45 bits per heavy atom. The Hall–Kier alpha value is -0.600. The summed E-state index contributed by atoms with van der Waals surface area (Å²) in [5, 5.41) is 0. The Bertz CT molecular complexity index is 176. The minimum Gasteiger partial charge on any atom is -0.339 e. The maximum absolute atomic E-state index is 12.8. The van der Waals surface area contributed by atoms with Crippen LogP contribution in [0, 0.1) is 5.92 Å². The molecule has 2 atom stereocenters. The maximum atomic E-state index is 12.8. The zero-order valence-corrected chi connectivity index (χ0v) is 6.88. The lowest BCUT2D eigenvalue weighted by Gasteiger charge is -2.17. The molecule has 1 aliphatic heterocycles. The second kappa shape index (κ2) is 3.20. The Morgan fingerprint density at radius 1 is 1.82 bits per heavy atom. The van der Waals surface area contributed by atoms with Crippen molar-refractivity contribution in [3.63, 3.8) is 0 Å². The molecule has 64 valence electrons. The van der Waals surface area contributed by atoms with Gasteiger partial charge >= 0.3 is 0 Å². The molecule has 0 radical (unpaired) electrons. The first-order chi connectivity index (χ1) is 5.52. The van der Waals surface area contributed by atoms with E-state index in [0.29, 0.717) is 0 Å². The predicted molar refractivity (Wildman–Crippen MR) is 40.9 cm³/mol. The molecule has 0 unspecified atom stereocenters. The maximum Gasteiger partial charge on any atom is 0.225 e. The average Bonchev–Trinajstić information content (AvgIpc) is 2.30. The van der Waals surface area contributed by atoms with Crippen molar-refractivity contribution in [2.45, 2.75) is 26.4 Å². The third-order valence-corrected chi connectivity index (χ3v) is 1.78. The fourth-order valence-corrected chi connectivity index (χ4v) is 1.15. The molecule has 3 heteroatoms. The summed E-state index contributed by atoms with van der Waals surface area (Å²) in [4.78, 5) is 12.7. The minimum atomic E-state index is -1.16. The second-order valence-electron chi connectivity index (χ2n) is 3.15. The van der Waals surface area contributed by atoms with E-state index < -0.39 is 12.6 Å². The molecular weight excluding hydrogens is 145 g/mol. The summed E-state index contributed by atoms with van der Waals surface area (Å²) in [5.41, 5.74) is 0. The summed E-state index contributed by atoms with van der Waals surface area (Å²) in [6, 6.07) is 0. The first-order valence-electron chi connectivity index (χ1n) is 4.45. The molecule has 0 aromatic rings. The molecule has 11 heavy (non-hydrogen) atoms. The summed E-state index contributed by atoms with van der Waals surface area (Å²) in [6.45, 7) is 3.92. The highest BCUT2D eigenvalue weighted by Gasteiger charge is 2.26. The minimum absolute atomic E-state index is 0.0487. The van der Waals surface area contributed by atoms with Crippen molar-refractivity contribution < 1.29 is 10.6 Å². The quantitative estimate of drug-likeness (QED) is 0.564.